The SMILES string of the molecule is [C-]#Cc1c(C)c(C)c(C)c(C)c1C.[C-]#Cc1c(C)c(C)c(C)c(C)c1C.[CH2]=[Pt].[V]. The van der Waals surface area contributed by atoms with Crippen LogP contribution in [0.3, 0.4) is 0 Å². The molecule has 0 N–H and O–H groups in total. The van der Waals surface area contributed by atoms with Crippen LogP contribution in [0, 0.1) is 93.9 Å². The average Bonchev–Trinajstić information content (AvgIpc) is 2.70. The Morgan fingerprint density at radius 1 is 0.448 bits per heavy atom. The predicted octanol–water partition coefficient (Wildman–Crippen LogP) is 6.30. The molecule has 2 aromatic carbocycles. The fraction of sp³-hybridized carbons (Fsp3) is 0.370. The standard InChI is InChI=1S/2C13H15.CH2.Pt.V/c2*1-7-13-11(5)9(3)8(2)10(4)12(13)6;;;/h2*2-6H3;1H2;;/q2*-1;;;. The molecule has 0 bridgehead atoms. The second kappa shape index (κ2) is 13.1. The molecule has 0 heterocycles. The van der Waals surface area contributed by atoms with Gasteiger partial charge < -0.3 is 12.8 Å². The van der Waals surface area contributed by atoms with Crippen molar-refractivity contribution >= 4 is 4.90 Å². The second-order valence-electron chi connectivity index (χ2n) is 7.25. The summed E-state index contributed by atoms with van der Waals surface area (Å²) in [5.74, 6) is 5.04. The quantitative estimate of drug-likeness (QED) is 0.246. The first kappa shape index (κ1) is 29.9. The molecule has 0 unspecified atom stereocenters. The molecule has 0 aromatic heterocycles. The Labute approximate surface area is 202 Å². The summed E-state index contributed by atoms with van der Waals surface area (Å²) in [6.45, 7) is 21.0. The van der Waals surface area contributed by atoms with Gasteiger partial charge in [0, 0.05) is 18.6 Å². The Hall–Kier alpha value is -1.30. The van der Waals surface area contributed by atoms with Gasteiger partial charge in [0.15, 0.2) is 0 Å². The van der Waals surface area contributed by atoms with Gasteiger partial charge in [-0.15, -0.1) is 33.4 Å². The maximum absolute atomic E-state index is 7.24. The number of benzene rings is 2. The van der Waals surface area contributed by atoms with Gasteiger partial charge in [-0.25, -0.2) is 0 Å². The van der Waals surface area contributed by atoms with Crippen LogP contribution in [-0.4, -0.2) is 4.90 Å². The van der Waals surface area contributed by atoms with Gasteiger partial charge in [-0.1, -0.05) is 49.9 Å². The zero-order valence-electron chi connectivity index (χ0n) is 19.5. The summed E-state index contributed by atoms with van der Waals surface area (Å²) in [7, 11) is 0. The van der Waals surface area contributed by atoms with E-state index < -0.39 is 0 Å². The van der Waals surface area contributed by atoms with Crippen LogP contribution >= 0.6 is 0 Å². The average molecular weight is 603 g/mol. The number of hydrogen-bond acceptors (Lipinski definition) is 0. The maximum atomic E-state index is 7.24. The predicted molar refractivity (Wildman–Crippen MR) is 120 cm³/mol. The van der Waals surface area contributed by atoms with Gasteiger partial charge in [0.05, 0.1) is 0 Å². The largest absolute Gasteiger partial charge is 0 e. The van der Waals surface area contributed by atoms with Gasteiger partial charge >= 0.3 is 24.3 Å². The van der Waals surface area contributed by atoms with E-state index in [4.69, 9.17) is 12.8 Å². The first-order valence-electron chi connectivity index (χ1n) is 9.22. The van der Waals surface area contributed by atoms with Crippen molar-refractivity contribution in [3.8, 4) is 11.8 Å². The van der Waals surface area contributed by atoms with Crippen molar-refractivity contribution in [3.63, 3.8) is 0 Å². The summed E-state index contributed by atoms with van der Waals surface area (Å²) in [5.41, 5.74) is 14.5. The smallest absolute Gasteiger partial charge is 0 e. The number of rotatable bonds is 0. The van der Waals surface area contributed by atoms with Gasteiger partial charge in [-0.2, -0.15) is 0 Å². The zero-order valence-corrected chi connectivity index (χ0v) is 23.1. The third-order valence-electron chi connectivity index (χ3n) is 6.25. The molecule has 0 amide bonds. The van der Waals surface area contributed by atoms with Crippen LogP contribution in [0.2, 0.25) is 0 Å². The van der Waals surface area contributed by atoms with E-state index in [2.05, 4.69) is 86.0 Å². The van der Waals surface area contributed by atoms with Crippen molar-refractivity contribution < 1.29 is 37.9 Å². The van der Waals surface area contributed by atoms with Crippen molar-refractivity contribution in [3.05, 3.63) is 79.6 Å². The van der Waals surface area contributed by atoms with E-state index in [1.165, 1.54) is 55.6 Å². The van der Waals surface area contributed by atoms with E-state index in [1.54, 1.807) is 0 Å². The van der Waals surface area contributed by atoms with Crippen LogP contribution in [-0.2, 0) is 37.9 Å². The molecule has 0 saturated carbocycles. The second-order valence-corrected chi connectivity index (χ2v) is 7.25. The fourth-order valence-electron chi connectivity index (χ4n) is 3.38. The van der Waals surface area contributed by atoms with E-state index in [-0.39, 0.29) is 18.6 Å². The Morgan fingerprint density at radius 2 is 0.586 bits per heavy atom. The third-order valence-corrected chi connectivity index (χ3v) is 6.25. The number of hydrogen-bond donors (Lipinski definition) is 0. The van der Waals surface area contributed by atoms with Crippen molar-refractivity contribution in [1.82, 2.24) is 0 Å². The minimum Gasteiger partial charge on any atom is 0 e. The first-order chi connectivity index (χ1) is 13.0. The van der Waals surface area contributed by atoms with E-state index in [0.29, 0.717) is 0 Å². The Morgan fingerprint density at radius 3 is 0.724 bits per heavy atom. The van der Waals surface area contributed by atoms with Crippen LogP contribution < -0.4 is 0 Å². The van der Waals surface area contributed by atoms with Crippen molar-refractivity contribution in [2.24, 2.45) is 0 Å². The maximum Gasteiger partial charge on any atom is 0 e. The molecule has 0 fully saturated rings. The molecule has 29 heavy (non-hydrogen) atoms. The van der Waals surface area contributed by atoms with Gasteiger partial charge in [0.2, 0.25) is 0 Å². The van der Waals surface area contributed by atoms with Crippen LogP contribution in [0.5, 0.6) is 0 Å². The van der Waals surface area contributed by atoms with Crippen molar-refractivity contribution in [2.75, 3.05) is 0 Å². The van der Waals surface area contributed by atoms with E-state index in [1.807, 2.05) is 19.4 Å². The van der Waals surface area contributed by atoms with Gasteiger partial charge in [0.1, 0.15) is 0 Å². The molecule has 2 rings (SSSR count). The Bertz CT molecular complexity index is 828. The molecule has 2 aromatic rings. The molecular formula is C27H32PtV-2. The summed E-state index contributed by atoms with van der Waals surface area (Å²) in [4.78, 5) is 3.22. The molecule has 1 radical (unpaired) electrons. The van der Waals surface area contributed by atoms with Gasteiger partial charge in [-0.3, -0.25) is 11.8 Å². The van der Waals surface area contributed by atoms with Gasteiger partial charge in [-0.05, 0) is 52.7 Å². The summed E-state index contributed by atoms with van der Waals surface area (Å²) < 4.78 is 0. The normalized spacial score (nSPS) is 9.03. The molecule has 0 aliphatic rings. The summed E-state index contributed by atoms with van der Waals surface area (Å²) in [6.07, 6.45) is 14.5. The minimum atomic E-state index is 0. The van der Waals surface area contributed by atoms with Crippen molar-refractivity contribution in [2.45, 2.75) is 69.2 Å². The molecule has 0 spiro atoms. The molecule has 0 saturated heterocycles. The molecule has 0 nitrogen and oxygen atoms in total. The van der Waals surface area contributed by atoms with E-state index in [0.717, 1.165) is 11.1 Å². The molecule has 157 valence electrons. The van der Waals surface area contributed by atoms with Crippen LogP contribution in [0.1, 0.15) is 66.8 Å². The minimum absolute atomic E-state index is 0. The topological polar surface area (TPSA) is 0 Å². The van der Waals surface area contributed by atoms with Crippen molar-refractivity contribution in [1.29, 1.82) is 0 Å². The summed E-state index contributed by atoms with van der Waals surface area (Å²) in [6, 6.07) is 0. The zero-order chi connectivity index (χ0) is 22.3. The molecule has 0 atom stereocenters. The molecular weight excluding hydrogens is 570 g/mol. The van der Waals surface area contributed by atoms with Crippen LogP contribution in [0.25, 0.3) is 0 Å². The van der Waals surface area contributed by atoms with E-state index in [9.17, 15) is 0 Å². The molecule has 0 aliphatic carbocycles. The summed E-state index contributed by atoms with van der Waals surface area (Å²) >= 11 is 1.89. The Kier molecular flexibility index (Phi) is 13.5. The third kappa shape index (κ3) is 6.34. The fourth-order valence-corrected chi connectivity index (χ4v) is 3.38. The van der Waals surface area contributed by atoms with Gasteiger partial charge in [0.25, 0.3) is 0 Å². The van der Waals surface area contributed by atoms with Crippen LogP contribution in [0.15, 0.2) is 0 Å². The summed E-state index contributed by atoms with van der Waals surface area (Å²) in [5, 5.41) is 0. The monoisotopic (exact) mass is 602 g/mol. The van der Waals surface area contributed by atoms with Crippen LogP contribution in [0.4, 0.5) is 0 Å². The first-order valence-corrected chi connectivity index (χ1v) is 10.8. The Balaban J connectivity index is 0. The van der Waals surface area contributed by atoms with E-state index >= 15 is 0 Å². The molecule has 2 heteroatoms. The molecule has 0 aliphatic heterocycles.